The van der Waals surface area contributed by atoms with E-state index in [1.54, 1.807) is 0 Å². The Bertz CT molecular complexity index is 484. The fraction of sp³-hybridized carbons (Fsp3) is 0.833. The van der Waals surface area contributed by atoms with Crippen LogP contribution in [0.5, 0.6) is 0 Å². The molecule has 1 fully saturated rings. The van der Waals surface area contributed by atoms with E-state index in [1.165, 1.54) is 0 Å². The van der Waals surface area contributed by atoms with Crippen molar-refractivity contribution in [2.45, 2.75) is 75.7 Å². The second-order valence-electron chi connectivity index (χ2n) is 7.28. The number of carboxylic acid groups (broad SMARTS) is 2. The molecule has 1 saturated heterocycles. The molecule has 13 heteroatoms. The summed E-state index contributed by atoms with van der Waals surface area (Å²) in [5, 5.41) is 55.3. The number of hydrogen-bond donors (Lipinski definition) is 6. The summed E-state index contributed by atoms with van der Waals surface area (Å²) in [6, 6.07) is 0.0833. The average molecular weight is 655 g/mol. The molecule has 1 aliphatic heterocycles. The molecule has 1 aliphatic rings. The summed E-state index contributed by atoms with van der Waals surface area (Å²) in [4.78, 5) is 19.1. The van der Waals surface area contributed by atoms with E-state index in [0.717, 1.165) is 0 Å². The van der Waals surface area contributed by atoms with Gasteiger partial charge in [0.25, 0.3) is 0 Å². The third-order valence-electron chi connectivity index (χ3n) is 3.26. The van der Waals surface area contributed by atoms with Crippen LogP contribution in [0.1, 0.15) is 34.1 Å². The number of alkyl halides is 1. The Morgan fingerprint density at radius 1 is 1.10 bits per heavy atom. The topological polar surface area (TPSA) is 198 Å². The van der Waals surface area contributed by atoms with Crippen LogP contribution in [-0.4, -0.2) is 97.4 Å². The van der Waals surface area contributed by atoms with Crippen LogP contribution >= 0.6 is 11.6 Å². The van der Waals surface area contributed by atoms with E-state index in [0.29, 0.717) is 5.92 Å². The molecule has 188 valence electrons. The molecule has 0 bridgehead atoms. The standard InChI is InChI=1S/C11H17ClO10.C4H9.C3H8N.Pt/c12-11(9(17)18,10(19)20)1-2-21-8-7(16)6(15)5(14)4(3-13)22-8;1-4(2)3;1-3(2)4;/h4-8,13-16H,1-3H2,(H,17,18)(H,19,20);4H,1H2,2-3H3;3-4H,1-2H3;/q;2*-1;+2/t4-,5-,6+,7+,8?;;;/m1.../s1. The summed E-state index contributed by atoms with van der Waals surface area (Å²) in [5.74, 6) is -2.97. The van der Waals surface area contributed by atoms with Crippen LogP contribution in [0.25, 0.3) is 5.73 Å². The second-order valence-corrected chi connectivity index (χ2v) is 7.92. The van der Waals surface area contributed by atoms with Crippen molar-refractivity contribution >= 4 is 23.5 Å². The molecule has 0 aromatic rings. The third kappa shape index (κ3) is 13.7. The number of aliphatic hydroxyl groups is 4. The van der Waals surface area contributed by atoms with Crippen LogP contribution in [0, 0.1) is 12.8 Å². The van der Waals surface area contributed by atoms with Crippen molar-refractivity contribution < 1.29 is 70.8 Å². The molecule has 5 atom stereocenters. The number of aliphatic carboxylic acids is 2. The van der Waals surface area contributed by atoms with E-state index in [9.17, 15) is 24.9 Å². The predicted molar refractivity (Wildman–Crippen MR) is 108 cm³/mol. The van der Waals surface area contributed by atoms with E-state index in [4.69, 9.17) is 42.1 Å². The second kappa shape index (κ2) is 17.2. The van der Waals surface area contributed by atoms with Crippen molar-refractivity contribution in [1.29, 1.82) is 0 Å². The summed E-state index contributed by atoms with van der Waals surface area (Å²) >= 11 is 5.46. The molecule has 0 aromatic heterocycles. The average Bonchev–Trinajstić information content (AvgIpc) is 2.60. The summed E-state index contributed by atoms with van der Waals surface area (Å²) < 4.78 is 9.97. The van der Waals surface area contributed by atoms with Crippen LogP contribution in [-0.2, 0) is 40.1 Å². The van der Waals surface area contributed by atoms with Crippen molar-refractivity contribution in [2.75, 3.05) is 13.2 Å². The van der Waals surface area contributed by atoms with E-state index in [1.807, 2.05) is 13.8 Å². The Balaban J connectivity index is -0.000000747. The zero-order valence-electron chi connectivity index (χ0n) is 17.9. The molecule has 0 amide bonds. The van der Waals surface area contributed by atoms with E-state index in [2.05, 4.69) is 20.8 Å². The van der Waals surface area contributed by atoms with Gasteiger partial charge in [0.1, 0.15) is 24.4 Å². The van der Waals surface area contributed by atoms with Gasteiger partial charge in [-0.15, -0.1) is 6.04 Å². The summed E-state index contributed by atoms with van der Waals surface area (Å²) in [5.41, 5.74) is 6.58. The first-order valence-corrected chi connectivity index (χ1v) is 9.61. The monoisotopic (exact) mass is 654 g/mol. The van der Waals surface area contributed by atoms with Gasteiger partial charge in [0.2, 0.25) is 4.87 Å². The van der Waals surface area contributed by atoms with Gasteiger partial charge in [-0.05, 0) is 0 Å². The fourth-order valence-electron chi connectivity index (χ4n) is 1.83. The Hall–Kier alpha value is -0.362. The number of carbonyl (C=O) groups is 2. The number of halogens is 1. The molecule has 1 heterocycles. The van der Waals surface area contributed by atoms with Crippen LogP contribution in [0.2, 0.25) is 0 Å². The van der Waals surface area contributed by atoms with Gasteiger partial charge in [-0.25, -0.2) is 9.59 Å². The number of hydrogen-bond acceptors (Lipinski definition) is 8. The first-order valence-electron chi connectivity index (χ1n) is 9.23. The van der Waals surface area contributed by atoms with E-state index < -0.39 is 67.2 Å². The molecule has 31 heavy (non-hydrogen) atoms. The first-order chi connectivity index (χ1) is 13.6. The van der Waals surface area contributed by atoms with Crippen LogP contribution < -0.4 is 0 Å². The molecule has 11 nitrogen and oxygen atoms in total. The van der Waals surface area contributed by atoms with Gasteiger partial charge >= 0.3 is 33.0 Å². The first kappa shape index (κ1) is 35.2. The number of rotatable bonds is 7. The van der Waals surface area contributed by atoms with Crippen LogP contribution in [0.4, 0.5) is 0 Å². The molecule has 1 unspecified atom stereocenters. The van der Waals surface area contributed by atoms with Gasteiger partial charge in [0.15, 0.2) is 6.29 Å². The minimum Gasteiger partial charge on any atom is -0.675 e. The third-order valence-corrected chi connectivity index (χ3v) is 3.77. The number of carboxylic acids is 2. The molecule has 0 aromatic carbocycles. The van der Waals surface area contributed by atoms with E-state index in [-0.39, 0.29) is 27.1 Å². The van der Waals surface area contributed by atoms with Gasteiger partial charge in [-0.2, -0.15) is 5.92 Å². The summed E-state index contributed by atoms with van der Waals surface area (Å²) in [7, 11) is 0. The smallest absolute Gasteiger partial charge is 0.675 e. The van der Waals surface area contributed by atoms with E-state index >= 15 is 0 Å². The molecule has 0 radical (unpaired) electrons. The fourth-order valence-corrected chi connectivity index (χ4v) is 1.90. The predicted octanol–water partition coefficient (Wildman–Crippen LogP) is 0.261. The normalized spacial score (nSPS) is 25.5. The Morgan fingerprint density at radius 2 is 1.48 bits per heavy atom. The van der Waals surface area contributed by atoms with Crippen molar-refractivity contribution in [3.63, 3.8) is 0 Å². The number of nitrogens with one attached hydrogen (secondary N) is 1. The quantitative estimate of drug-likeness (QED) is 0.126. The molecule has 1 rings (SSSR count). The molecule has 0 saturated carbocycles. The zero-order valence-corrected chi connectivity index (χ0v) is 20.9. The maximum atomic E-state index is 10.8. The molecule has 7 N–H and O–H groups in total. The number of aliphatic hydroxyl groups excluding tert-OH is 4. The molecular weight excluding hydrogens is 621 g/mol. The van der Waals surface area contributed by atoms with Gasteiger partial charge in [0, 0.05) is 6.42 Å². The maximum absolute atomic E-state index is 10.8. The SMILES string of the molecule is CC(C)[NH-].O=C(O)C(Cl)(CCOC1O[C@H](CO)[C@@H](O)[C@H](O)[C@@H]1O)C(=O)O.[CH2-]C(C)C.[Pt+2]. The summed E-state index contributed by atoms with van der Waals surface area (Å²) in [6.07, 6.45) is -8.21. The van der Waals surface area contributed by atoms with Crippen molar-refractivity contribution in [3.05, 3.63) is 12.7 Å². The molecule has 0 spiro atoms. The Morgan fingerprint density at radius 3 is 1.81 bits per heavy atom. The zero-order chi connectivity index (χ0) is 24.2. The maximum Gasteiger partial charge on any atom is 2.00 e. The number of ether oxygens (including phenoxy) is 2. The van der Waals surface area contributed by atoms with Crippen LogP contribution in [0.3, 0.4) is 0 Å². The van der Waals surface area contributed by atoms with Crippen molar-refractivity contribution in [3.8, 4) is 0 Å². The Labute approximate surface area is 201 Å². The Kier molecular flexibility index (Phi) is 19.5. The largest absolute Gasteiger partial charge is 2.00 e. The minimum atomic E-state index is -2.60. The summed E-state index contributed by atoms with van der Waals surface area (Å²) in [6.45, 7) is 10.2. The minimum absolute atomic E-state index is 0. The molecule has 0 aliphatic carbocycles. The van der Waals surface area contributed by atoms with Crippen molar-refractivity contribution in [2.24, 2.45) is 5.92 Å². The van der Waals surface area contributed by atoms with Gasteiger partial charge < -0.3 is 52.8 Å². The van der Waals surface area contributed by atoms with Gasteiger partial charge in [0.05, 0.1) is 13.2 Å². The van der Waals surface area contributed by atoms with Crippen molar-refractivity contribution in [1.82, 2.24) is 0 Å². The van der Waals surface area contributed by atoms with Gasteiger partial charge in [-0.3, -0.25) is 0 Å². The van der Waals surface area contributed by atoms with Gasteiger partial charge in [-0.1, -0.05) is 39.3 Å². The van der Waals surface area contributed by atoms with Crippen LogP contribution in [0.15, 0.2) is 0 Å². The molecular formula is C18H34ClNO10Pt.